The summed E-state index contributed by atoms with van der Waals surface area (Å²) in [5.41, 5.74) is -0.971. The Morgan fingerprint density at radius 3 is 2.30 bits per heavy atom. The number of carbonyl (C=O) groups excluding carboxylic acids is 2. The third-order valence-electron chi connectivity index (χ3n) is 3.13. The standard InChI is InChI=1S/C13H13FN2O4/c14-8-1-3-9(4-2-8)16-10(17)7-15-11(18)13(5-6-13)12(19)20/h1-4H,5-7H2,(H,15,18)(H,16,17)(H,19,20). The summed E-state index contributed by atoms with van der Waals surface area (Å²) in [6.45, 7) is -0.328. The first-order valence-corrected chi connectivity index (χ1v) is 6.01. The highest BCUT2D eigenvalue weighted by atomic mass is 19.1. The van der Waals surface area contributed by atoms with Crippen molar-refractivity contribution in [2.45, 2.75) is 12.8 Å². The molecule has 0 unspecified atom stereocenters. The third kappa shape index (κ3) is 2.93. The molecule has 1 fully saturated rings. The number of anilines is 1. The fourth-order valence-electron chi connectivity index (χ4n) is 1.73. The van der Waals surface area contributed by atoms with Gasteiger partial charge in [0, 0.05) is 5.69 Å². The highest BCUT2D eigenvalue weighted by Crippen LogP contribution is 2.45. The van der Waals surface area contributed by atoms with Crippen LogP contribution in [0.25, 0.3) is 0 Å². The van der Waals surface area contributed by atoms with Crippen LogP contribution in [0.1, 0.15) is 12.8 Å². The Morgan fingerprint density at radius 1 is 1.20 bits per heavy atom. The number of rotatable bonds is 5. The first kappa shape index (κ1) is 14.0. The van der Waals surface area contributed by atoms with E-state index in [4.69, 9.17) is 5.11 Å². The zero-order chi connectivity index (χ0) is 14.8. The van der Waals surface area contributed by atoms with Crippen molar-refractivity contribution in [1.29, 1.82) is 0 Å². The molecule has 0 spiro atoms. The molecule has 1 aliphatic rings. The summed E-state index contributed by atoms with van der Waals surface area (Å²) in [4.78, 5) is 34.1. The number of hydrogen-bond donors (Lipinski definition) is 3. The number of carbonyl (C=O) groups is 3. The molecule has 0 bridgehead atoms. The third-order valence-corrected chi connectivity index (χ3v) is 3.13. The molecule has 2 rings (SSSR count). The lowest BCUT2D eigenvalue weighted by molar-refractivity contribution is -0.149. The average molecular weight is 280 g/mol. The van der Waals surface area contributed by atoms with Crippen LogP contribution in [0.4, 0.5) is 10.1 Å². The Labute approximate surface area is 114 Å². The van der Waals surface area contributed by atoms with Crippen molar-refractivity contribution in [3.8, 4) is 0 Å². The van der Waals surface area contributed by atoms with Crippen LogP contribution in [0.5, 0.6) is 0 Å². The van der Waals surface area contributed by atoms with Gasteiger partial charge in [0.25, 0.3) is 0 Å². The molecule has 0 saturated heterocycles. The molecule has 6 nitrogen and oxygen atoms in total. The molecular formula is C13H13FN2O4. The van der Waals surface area contributed by atoms with Crippen molar-refractivity contribution in [3.05, 3.63) is 30.1 Å². The van der Waals surface area contributed by atoms with Gasteiger partial charge in [-0.2, -0.15) is 0 Å². The van der Waals surface area contributed by atoms with Gasteiger partial charge in [-0.15, -0.1) is 0 Å². The molecule has 20 heavy (non-hydrogen) atoms. The van der Waals surface area contributed by atoms with E-state index < -0.39 is 29.0 Å². The molecule has 0 radical (unpaired) electrons. The lowest BCUT2D eigenvalue weighted by atomic mass is 10.1. The highest BCUT2D eigenvalue weighted by molar-refractivity contribution is 6.06. The molecule has 0 atom stereocenters. The molecule has 2 amide bonds. The number of benzene rings is 1. The molecule has 1 saturated carbocycles. The SMILES string of the molecule is O=C(CNC(=O)C1(C(=O)O)CC1)Nc1ccc(F)cc1. The zero-order valence-corrected chi connectivity index (χ0v) is 10.5. The molecule has 3 N–H and O–H groups in total. The number of carboxylic acid groups (broad SMARTS) is 1. The van der Waals surface area contributed by atoms with Gasteiger partial charge in [0.05, 0.1) is 6.54 Å². The van der Waals surface area contributed by atoms with Crippen molar-refractivity contribution >= 4 is 23.5 Å². The van der Waals surface area contributed by atoms with Crippen LogP contribution >= 0.6 is 0 Å². The zero-order valence-electron chi connectivity index (χ0n) is 10.5. The summed E-state index contributed by atoms with van der Waals surface area (Å²) in [5, 5.41) is 13.7. The van der Waals surface area contributed by atoms with E-state index in [1.54, 1.807) is 0 Å². The van der Waals surface area contributed by atoms with E-state index in [0.717, 1.165) is 0 Å². The summed E-state index contributed by atoms with van der Waals surface area (Å²) in [6, 6.07) is 5.15. The van der Waals surface area contributed by atoms with E-state index in [9.17, 15) is 18.8 Å². The van der Waals surface area contributed by atoms with Gasteiger partial charge in [-0.25, -0.2) is 4.39 Å². The minimum absolute atomic E-state index is 0.285. The van der Waals surface area contributed by atoms with Gasteiger partial charge in [0.15, 0.2) is 0 Å². The van der Waals surface area contributed by atoms with Crippen molar-refractivity contribution in [2.75, 3.05) is 11.9 Å². The van der Waals surface area contributed by atoms with E-state index in [0.29, 0.717) is 5.69 Å². The minimum atomic E-state index is -1.36. The van der Waals surface area contributed by atoms with Gasteiger partial charge in [-0.3, -0.25) is 14.4 Å². The molecule has 1 aliphatic carbocycles. The van der Waals surface area contributed by atoms with Crippen LogP contribution in [0.3, 0.4) is 0 Å². The fourth-order valence-corrected chi connectivity index (χ4v) is 1.73. The molecule has 7 heteroatoms. The van der Waals surface area contributed by atoms with Gasteiger partial charge >= 0.3 is 5.97 Å². The maximum Gasteiger partial charge on any atom is 0.319 e. The number of halogens is 1. The Morgan fingerprint density at radius 2 is 1.80 bits per heavy atom. The lowest BCUT2D eigenvalue weighted by Gasteiger charge is -2.10. The van der Waals surface area contributed by atoms with Crippen LogP contribution in [0.15, 0.2) is 24.3 Å². The van der Waals surface area contributed by atoms with E-state index in [1.165, 1.54) is 24.3 Å². The van der Waals surface area contributed by atoms with Gasteiger partial charge in [0.1, 0.15) is 11.2 Å². The normalized spacial score (nSPS) is 15.2. The minimum Gasteiger partial charge on any atom is -0.480 e. The number of carboxylic acids is 1. The second kappa shape index (κ2) is 5.28. The number of nitrogens with one attached hydrogen (secondary N) is 2. The summed E-state index contributed by atoms with van der Waals surface area (Å²) >= 11 is 0. The second-order valence-corrected chi connectivity index (χ2v) is 4.63. The van der Waals surface area contributed by atoms with Crippen LogP contribution in [-0.4, -0.2) is 29.4 Å². The quantitative estimate of drug-likeness (QED) is 0.693. The molecule has 0 aromatic heterocycles. The number of hydrogen-bond acceptors (Lipinski definition) is 3. The lowest BCUT2D eigenvalue weighted by Crippen LogP contribution is -2.40. The van der Waals surface area contributed by atoms with E-state index in [2.05, 4.69) is 10.6 Å². The van der Waals surface area contributed by atoms with Crippen molar-refractivity contribution in [2.24, 2.45) is 5.41 Å². The Kier molecular flexibility index (Phi) is 3.69. The maximum absolute atomic E-state index is 12.7. The van der Waals surface area contributed by atoms with Crippen LogP contribution in [0, 0.1) is 11.2 Å². The first-order chi connectivity index (χ1) is 9.44. The van der Waals surface area contributed by atoms with E-state index >= 15 is 0 Å². The van der Waals surface area contributed by atoms with Gasteiger partial charge in [-0.05, 0) is 37.1 Å². The fraction of sp³-hybridized carbons (Fsp3) is 0.308. The van der Waals surface area contributed by atoms with E-state index in [-0.39, 0.29) is 19.4 Å². The van der Waals surface area contributed by atoms with Gasteiger partial charge in [0.2, 0.25) is 11.8 Å². The van der Waals surface area contributed by atoms with Crippen LogP contribution in [0.2, 0.25) is 0 Å². The average Bonchev–Trinajstić information content (AvgIpc) is 3.20. The Hall–Kier alpha value is -2.44. The topological polar surface area (TPSA) is 95.5 Å². The second-order valence-electron chi connectivity index (χ2n) is 4.63. The van der Waals surface area contributed by atoms with Gasteiger partial charge < -0.3 is 15.7 Å². The largest absolute Gasteiger partial charge is 0.480 e. The molecule has 106 valence electrons. The number of amides is 2. The summed E-state index contributed by atoms with van der Waals surface area (Å²) in [5.74, 6) is -2.76. The smallest absolute Gasteiger partial charge is 0.319 e. The number of aliphatic carboxylic acids is 1. The monoisotopic (exact) mass is 280 g/mol. The Bertz CT molecular complexity index is 552. The maximum atomic E-state index is 12.7. The van der Waals surface area contributed by atoms with E-state index in [1.807, 2.05) is 0 Å². The first-order valence-electron chi connectivity index (χ1n) is 6.01. The van der Waals surface area contributed by atoms with Crippen LogP contribution < -0.4 is 10.6 Å². The van der Waals surface area contributed by atoms with Crippen LogP contribution in [-0.2, 0) is 14.4 Å². The summed E-state index contributed by atoms with van der Waals surface area (Å²) in [6.07, 6.45) is 0.571. The summed E-state index contributed by atoms with van der Waals surface area (Å²) in [7, 11) is 0. The Balaban J connectivity index is 1.82. The van der Waals surface area contributed by atoms with Gasteiger partial charge in [-0.1, -0.05) is 0 Å². The van der Waals surface area contributed by atoms with Crippen molar-refractivity contribution in [3.63, 3.8) is 0 Å². The molecule has 0 heterocycles. The highest BCUT2D eigenvalue weighted by Gasteiger charge is 2.57. The summed E-state index contributed by atoms with van der Waals surface area (Å²) < 4.78 is 12.7. The molecule has 1 aromatic rings. The molecule has 1 aromatic carbocycles. The predicted molar refractivity (Wildman–Crippen MR) is 67.3 cm³/mol. The van der Waals surface area contributed by atoms with Crippen molar-refractivity contribution < 1.29 is 23.9 Å². The predicted octanol–water partition coefficient (Wildman–Crippen LogP) is 0.745. The van der Waals surface area contributed by atoms with Crippen molar-refractivity contribution in [1.82, 2.24) is 5.32 Å². The molecule has 0 aliphatic heterocycles. The molecular weight excluding hydrogens is 267 g/mol.